The minimum Gasteiger partial charge on any atom is -0.350 e. The van der Waals surface area contributed by atoms with Crippen LogP contribution in [0.15, 0.2) is 108 Å². The smallest absolute Gasteiger partial charge is 0.300 e. The molecule has 0 saturated heterocycles. The molecule has 1 heterocycles. The summed E-state index contributed by atoms with van der Waals surface area (Å²) in [5.74, 6) is -0.745. The minimum absolute atomic E-state index is 0.352. The first kappa shape index (κ1) is 20.5. The number of amides is 2. The fourth-order valence-corrected chi connectivity index (χ4v) is 4.17. The number of hydrogen-bond acceptors (Lipinski definition) is 4. The van der Waals surface area contributed by atoms with Crippen LogP contribution < -0.4 is 15.6 Å². The molecular weight excluding hydrogens is 412 g/mol. The molecule has 1 aliphatic rings. The van der Waals surface area contributed by atoms with Gasteiger partial charge in [-0.1, -0.05) is 78.9 Å². The normalized spacial score (nSPS) is 17.7. The summed E-state index contributed by atoms with van der Waals surface area (Å²) in [5, 5.41) is 14.3. The number of nitrogens with one attached hydrogen (secondary N) is 2. The quantitative estimate of drug-likeness (QED) is 0.453. The highest BCUT2D eigenvalue weighted by Crippen LogP contribution is 2.33. The molecule has 4 aromatic carbocycles. The van der Waals surface area contributed by atoms with Crippen molar-refractivity contribution in [2.24, 2.45) is 5.10 Å². The molecule has 6 nitrogen and oxygen atoms in total. The average molecular weight is 434 g/mol. The zero-order valence-corrected chi connectivity index (χ0v) is 18.0. The highest BCUT2D eigenvalue weighted by atomic mass is 16.2. The van der Waals surface area contributed by atoms with Crippen molar-refractivity contribution in [1.29, 1.82) is 0 Å². The van der Waals surface area contributed by atoms with Crippen LogP contribution in [0.3, 0.4) is 0 Å². The van der Waals surface area contributed by atoms with Crippen LogP contribution >= 0.6 is 0 Å². The Bertz CT molecular complexity index is 1360. The number of carbonyl (C=O) groups excluding carboxylic acids is 2. The number of hydrogen-bond donors (Lipinski definition) is 2. The number of para-hydroxylation sites is 2. The van der Waals surface area contributed by atoms with Crippen LogP contribution in [0.25, 0.3) is 10.8 Å². The number of nitrogens with zero attached hydrogens (tertiary/aromatic N) is 2. The summed E-state index contributed by atoms with van der Waals surface area (Å²) in [5.41, 5.74) is 0.890. The van der Waals surface area contributed by atoms with E-state index in [0.717, 1.165) is 16.3 Å². The van der Waals surface area contributed by atoms with Crippen LogP contribution in [0.4, 0.5) is 11.4 Å². The van der Waals surface area contributed by atoms with E-state index in [1.807, 2.05) is 103 Å². The minimum atomic E-state index is -1.59. The first-order valence-corrected chi connectivity index (χ1v) is 10.7. The SMILES string of the molecule is CC(=O)NC1(Nc2ccccc2)C(=O)N(c2ccccc2)N=C1c1cccc2ccccc12. The molecule has 0 aromatic heterocycles. The van der Waals surface area contributed by atoms with Gasteiger partial charge in [-0.15, -0.1) is 0 Å². The Morgan fingerprint density at radius 1 is 0.818 bits per heavy atom. The van der Waals surface area contributed by atoms with E-state index in [-0.39, 0.29) is 5.91 Å². The van der Waals surface area contributed by atoms with Crippen molar-refractivity contribution < 1.29 is 9.59 Å². The third-order valence-corrected chi connectivity index (χ3v) is 5.58. The Morgan fingerprint density at radius 2 is 1.45 bits per heavy atom. The average Bonchev–Trinajstić information content (AvgIpc) is 3.11. The van der Waals surface area contributed by atoms with Gasteiger partial charge in [-0.05, 0) is 35.0 Å². The van der Waals surface area contributed by atoms with Crippen LogP contribution in [-0.2, 0) is 9.59 Å². The van der Waals surface area contributed by atoms with E-state index in [1.165, 1.54) is 11.9 Å². The van der Waals surface area contributed by atoms with Crippen molar-refractivity contribution >= 4 is 39.7 Å². The van der Waals surface area contributed by atoms with Crippen molar-refractivity contribution in [3.63, 3.8) is 0 Å². The lowest BCUT2D eigenvalue weighted by Gasteiger charge is -2.32. The van der Waals surface area contributed by atoms with E-state index < -0.39 is 11.6 Å². The fraction of sp³-hybridized carbons (Fsp3) is 0.0741. The van der Waals surface area contributed by atoms with Gasteiger partial charge in [0.05, 0.1) is 5.69 Å². The molecule has 6 heteroatoms. The van der Waals surface area contributed by atoms with E-state index in [1.54, 1.807) is 0 Å². The molecule has 4 aromatic rings. The van der Waals surface area contributed by atoms with Gasteiger partial charge in [-0.3, -0.25) is 9.59 Å². The summed E-state index contributed by atoms with van der Waals surface area (Å²) >= 11 is 0. The molecule has 2 N–H and O–H groups in total. The molecule has 0 spiro atoms. The van der Waals surface area contributed by atoms with Crippen LogP contribution in [0.1, 0.15) is 12.5 Å². The molecule has 0 aliphatic carbocycles. The van der Waals surface area contributed by atoms with Gasteiger partial charge in [-0.2, -0.15) is 10.1 Å². The van der Waals surface area contributed by atoms with Crippen molar-refractivity contribution in [3.8, 4) is 0 Å². The topological polar surface area (TPSA) is 73.8 Å². The molecule has 2 amide bonds. The Kier molecular flexibility index (Phi) is 5.11. The fourth-order valence-electron chi connectivity index (χ4n) is 4.17. The first-order valence-electron chi connectivity index (χ1n) is 10.7. The summed E-state index contributed by atoms with van der Waals surface area (Å²) in [6.07, 6.45) is 0. The summed E-state index contributed by atoms with van der Waals surface area (Å²) in [7, 11) is 0. The second-order valence-corrected chi connectivity index (χ2v) is 7.85. The van der Waals surface area contributed by atoms with Gasteiger partial charge in [0, 0.05) is 18.2 Å². The Labute approximate surface area is 191 Å². The van der Waals surface area contributed by atoms with Crippen molar-refractivity contribution in [1.82, 2.24) is 5.32 Å². The van der Waals surface area contributed by atoms with Crippen LogP contribution in [0.5, 0.6) is 0 Å². The third-order valence-electron chi connectivity index (χ3n) is 5.58. The highest BCUT2D eigenvalue weighted by molar-refractivity contribution is 6.33. The molecule has 1 aliphatic heterocycles. The number of hydrazone groups is 1. The summed E-state index contributed by atoms with van der Waals surface area (Å²) in [4.78, 5) is 26.5. The molecule has 33 heavy (non-hydrogen) atoms. The largest absolute Gasteiger partial charge is 0.350 e. The first-order chi connectivity index (χ1) is 16.1. The molecule has 0 bridgehead atoms. The van der Waals surface area contributed by atoms with E-state index in [9.17, 15) is 9.59 Å². The van der Waals surface area contributed by atoms with Crippen molar-refractivity contribution in [3.05, 3.63) is 109 Å². The summed E-state index contributed by atoms with van der Waals surface area (Å²) in [6.45, 7) is 1.40. The second kappa shape index (κ2) is 8.24. The Balaban J connectivity index is 1.76. The molecule has 1 unspecified atom stereocenters. The molecular formula is C27H22N4O2. The standard InChI is InChI=1S/C27H22N4O2/c1-19(32)28-27(29-21-13-4-2-5-14-21)25(24-18-10-12-20-11-8-9-17-23(20)24)30-31(26(27)33)22-15-6-3-7-16-22/h2-18,29H,1H3,(H,28,32). The lowest BCUT2D eigenvalue weighted by atomic mass is 9.92. The second-order valence-electron chi connectivity index (χ2n) is 7.85. The van der Waals surface area contributed by atoms with Crippen LogP contribution in [0.2, 0.25) is 0 Å². The van der Waals surface area contributed by atoms with Gasteiger partial charge in [-0.25, -0.2) is 0 Å². The van der Waals surface area contributed by atoms with Gasteiger partial charge < -0.3 is 10.6 Å². The lowest BCUT2D eigenvalue weighted by Crippen LogP contribution is -2.64. The van der Waals surface area contributed by atoms with Gasteiger partial charge in [0.1, 0.15) is 5.71 Å². The van der Waals surface area contributed by atoms with E-state index in [2.05, 4.69) is 10.6 Å². The number of anilines is 2. The Hall–Kier alpha value is -4.45. The predicted molar refractivity (Wildman–Crippen MR) is 131 cm³/mol. The van der Waals surface area contributed by atoms with Gasteiger partial charge in [0.2, 0.25) is 11.6 Å². The molecule has 0 fully saturated rings. The maximum atomic E-state index is 14.0. The summed E-state index contributed by atoms with van der Waals surface area (Å²) in [6, 6.07) is 32.3. The zero-order chi connectivity index (χ0) is 22.8. The lowest BCUT2D eigenvalue weighted by molar-refractivity contribution is -0.127. The Morgan fingerprint density at radius 3 is 2.18 bits per heavy atom. The van der Waals surface area contributed by atoms with Gasteiger partial charge in [0.25, 0.3) is 0 Å². The zero-order valence-electron chi connectivity index (χ0n) is 18.0. The third kappa shape index (κ3) is 3.61. The van der Waals surface area contributed by atoms with Crippen LogP contribution in [-0.4, -0.2) is 23.2 Å². The number of rotatable bonds is 5. The predicted octanol–water partition coefficient (Wildman–Crippen LogP) is 4.54. The van der Waals surface area contributed by atoms with Gasteiger partial charge >= 0.3 is 5.91 Å². The number of fused-ring (bicyclic) bond motifs is 1. The van der Waals surface area contributed by atoms with E-state index >= 15 is 0 Å². The molecule has 162 valence electrons. The van der Waals surface area contributed by atoms with E-state index in [4.69, 9.17) is 5.10 Å². The van der Waals surface area contributed by atoms with Crippen molar-refractivity contribution in [2.45, 2.75) is 12.6 Å². The molecule has 0 radical (unpaired) electrons. The van der Waals surface area contributed by atoms with E-state index in [0.29, 0.717) is 17.1 Å². The van der Waals surface area contributed by atoms with Gasteiger partial charge in [0.15, 0.2) is 0 Å². The number of carbonyl (C=O) groups is 2. The molecule has 1 atom stereocenters. The van der Waals surface area contributed by atoms with Crippen molar-refractivity contribution in [2.75, 3.05) is 10.3 Å². The monoisotopic (exact) mass is 434 g/mol. The molecule has 0 saturated carbocycles. The number of benzene rings is 4. The summed E-state index contributed by atoms with van der Waals surface area (Å²) < 4.78 is 0. The maximum absolute atomic E-state index is 14.0. The molecule has 5 rings (SSSR count). The highest BCUT2D eigenvalue weighted by Gasteiger charge is 2.53. The maximum Gasteiger partial charge on any atom is 0.300 e. The van der Waals surface area contributed by atoms with Crippen LogP contribution in [0, 0.1) is 0 Å².